The Balaban J connectivity index is -0.0000000806. The van der Waals surface area contributed by atoms with Gasteiger partial charge in [-0.3, -0.25) is 5.26 Å². The first-order chi connectivity index (χ1) is 28.3. The topological polar surface area (TPSA) is 350 Å². The monoisotopic (exact) mass is 963 g/mol. The SMILES string of the molecule is C.C.C.C.C.CC.CC=O.CO.CO.COCC1C(CO)OC(COC)C(C)(O)C1O.COCC1C(COC(=O)/C=C\C(=O)O)OC(COC)C(C)(O)C1O.COO.O=C1C=CC(=O)O1. The molecule has 3 heterocycles. The molecule has 3 aliphatic heterocycles. The van der Waals surface area contributed by atoms with Crippen LogP contribution in [-0.2, 0) is 66.8 Å². The van der Waals surface area contributed by atoms with Gasteiger partial charge >= 0.3 is 23.9 Å². The Morgan fingerprint density at radius 2 is 0.985 bits per heavy atom. The number of hydrogen-bond donors (Lipinski definition) is 9. The van der Waals surface area contributed by atoms with Gasteiger partial charge < -0.3 is 83.5 Å². The van der Waals surface area contributed by atoms with Gasteiger partial charge in [0.1, 0.15) is 36.3 Å². The van der Waals surface area contributed by atoms with Gasteiger partial charge in [0.25, 0.3) is 0 Å². The van der Waals surface area contributed by atoms with Crippen molar-refractivity contribution in [1.82, 2.24) is 0 Å². The van der Waals surface area contributed by atoms with Crippen LogP contribution in [0, 0.1) is 11.8 Å². The molecule has 3 aliphatic rings. The highest BCUT2D eigenvalue weighted by Crippen LogP contribution is 2.35. The second-order valence-corrected chi connectivity index (χ2v) is 11.8. The number of aliphatic carboxylic acids is 1. The number of carboxylic acids is 1. The largest absolute Gasteiger partial charge is 0.478 e. The van der Waals surface area contributed by atoms with Crippen LogP contribution in [0.4, 0.5) is 0 Å². The minimum absolute atomic E-state index is 0. The zero-order valence-electron chi connectivity index (χ0n) is 36.5. The number of carbonyl (C=O) groups excluding carboxylic acids is 4. The number of aldehydes is 1. The molecule has 2 saturated heterocycles. The van der Waals surface area contributed by atoms with E-state index >= 15 is 0 Å². The lowest BCUT2D eigenvalue weighted by Crippen LogP contribution is -2.64. The minimum atomic E-state index is -1.57. The molecule has 0 aromatic heterocycles. The first kappa shape index (κ1) is 85.0. The lowest BCUT2D eigenvalue weighted by Gasteiger charge is -2.48. The molecule has 2 fully saturated rings. The lowest BCUT2D eigenvalue weighted by molar-refractivity contribution is -0.267. The number of aliphatic hydroxyl groups excluding tert-OH is 5. The quantitative estimate of drug-likeness (QED) is 0.0311. The van der Waals surface area contributed by atoms with Crippen molar-refractivity contribution in [2.75, 3.05) is 89.4 Å². The van der Waals surface area contributed by atoms with Crippen LogP contribution >= 0.6 is 0 Å². The minimum Gasteiger partial charge on any atom is -0.478 e. The molecule has 10 unspecified atom stereocenters. The number of hydrogen-bond acceptors (Lipinski definition) is 22. The molecule has 0 amide bonds. The van der Waals surface area contributed by atoms with Crippen LogP contribution in [0.2, 0.25) is 0 Å². The molecule has 9 N–H and O–H groups in total. The highest BCUT2D eigenvalue weighted by atomic mass is 17.1. The standard InChI is InChI=1S/C15H24O9.C11H22O6.C4H2O3.C2H4O.C2H6.CH4O2.2CH4O.5CH4/c1-15(20)11(8-22-3)24-10(9(6-21-2)14(15)19)7-23-13(18)5-4-12(16)17;1-11(14)9(6-16-3)17-8(4-12)7(5-15-2)10(11)13;5-3-1-2-4(6)7-3;1-2-3;1-2;1-3-2;2*1-2;;;;;/h4-5,9-11,14,19-20H,6-8H2,1-3H3,(H,16,17);7-10,12-14H,4-6H2,1-3H3;1-2H;2H,1H3;1-2H3;2H,1H3;2*2H,1H3;5*1H4/b5-4-;;;;;;;;;;;;. The Hall–Kier alpha value is -3.37. The average molecular weight is 963 g/mol. The van der Waals surface area contributed by atoms with E-state index in [2.05, 4.69) is 9.62 Å². The van der Waals surface area contributed by atoms with Gasteiger partial charge in [-0.05, 0) is 20.8 Å². The average Bonchev–Trinajstić information content (AvgIpc) is 3.61. The third-order valence-corrected chi connectivity index (χ3v) is 7.79. The molecule has 3 rings (SSSR count). The number of aliphatic hydroxyl groups is 7. The molecule has 0 aromatic carbocycles. The Kier molecular flexibility index (Phi) is 67.5. The summed E-state index contributed by atoms with van der Waals surface area (Å²) >= 11 is 0. The van der Waals surface area contributed by atoms with Crippen molar-refractivity contribution in [2.24, 2.45) is 11.8 Å². The van der Waals surface area contributed by atoms with Gasteiger partial charge in [0.05, 0.1) is 64.6 Å². The van der Waals surface area contributed by atoms with Crippen molar-refractivity contribution in [3.63, 3.8) is 0 Å². The van der Waals surface area contributed by atoms with Crippen LogP contribution in [0.5, 0.6) is 0 Å². The van der Waals surface area contributed by atoms with Crippen LogP contribution in [0.25, 0.3) is 0 Å². The van der Waals surface area contributed by atoms with Gasteiger partial charge in [0.2, 0.25) is 0 Å². The summed E-state index contributed by atoms with van der Waals surface area (Å²) in [6.45, 7) is 8.38. The van der Waals surface area contributed by atoms with Crippen molar-refractivity contribution in [3.05, 3.63) is 24.3 Å². The van der Waals surface area contributed by atoms with Crippen molar-refractivity contribution in [2.45, 2.75) is 120 Å². The number of rotatable bonds is 13. The molecule has 0 radical (unpaired) electrons. The Morgan fingerprint density at radius 1 is 0.677 bits per heavy atom. The highest BCUT2D eigenvalue weighted by molar-refractivity contribution is 6.04. The smallest absolute Gasteiger partial charge is 0.338 e. The zero-order chi connectivity index (χ0) is 48.1. The van der Waals surface area contributed by atoms with Gasteiger partial charge in [-0.25, -0.2) is 24.1 Å². The predicted molar refractivity (Wildman–Crippen MR) is 243 cm³/mol. The molecular formula is C42H90O23. The zero-order valence-corrected chi connectivity index (χ0v) is 36.5. The summed E-state index contributed by atoms with van der Waals surface area (Å²) in [5.41, 5.74) is -2.99. The van der Waals surface area contributed by atoms with E-state index < -0.39 is 83.5 Å². The molecule has 0 aromatic rings. The van der Waals surface area contributed by atoms with Gasteiger partial charge in [-0.1, -0.05) is 51.0 Å². The van der Waals surface area contributed by atoms with Crippen LogP contribution in [0.3, 0.4) is 0 Å². The number of esters is 3. The maximum atomic E-state index is 11.5. The van der Waals surface area contributed by atoms with Gasteiger partial charge in [0, 0.05) is 78.8 Å². The molecule has 0 bridgehead atoms. The number of methoxy groups -OCH3 is 4. The van der Waals surface area contributed by atoms with Crippen molar-refractivity contribution >= 4 is 30.2 Å². The van der Waals surface area contributed by atoms with E-state index in [9.17, 15) is 44.7 Å². The van der Waals surface area contributed by atoms with Crippen molar-refractivity contribution in [3.8, 4) is 0 Å². The van der Waals surface area contributed by atoms with E-state index in [0.717, 1.165) is 38.7 Å². The summed E-state index contributed by atoms with van der Waals surface area (Å²) in [5.74, 6) is -4.39. The first-order valence-electron chi connectivity index (χ1n) is 18.0. The van der Waals surface area contributed by atoms with Crippen LogP contribution in [0.15, 0.2) is 24.3 Å². The molecule has 23 heteroatoms. The fraction of sp³-hybridized carbons (Fsp3) is 0.786. The lowest BCUT2D eigenvalue weighted by atomic mass is 9.79. The Labute approximate surface area is 387 Å². The summed E-state index contributed by atoms with van der Waals surface area (Å²) in [6.07, 6.45) is -0.688. The molecule has 10 atom stereocenters. The number of carboxylic acid groups (broad SMARTS) is 1. The fourth-order valence-corrected chi connectivity index (χ4v) is 5.05. The first-order valence-corrected chi connectivity index (χ1v) is 18.0. The van der Waals surface area contributed by atoms with E-state index in [1.54, 1.807) is 0 Å². The maximum absolute atomic E-state index is 11.5. The van der Waals surface area contributed by atoms with Crippen LogP contribution in [0.1, 0.15) is 71.8 Å². The molecular weight excluding hydrogens is 872 g/mol. The summed E-state index contributed by atoms with van der Waals surface area (Å²) in [7, 11) is 9.03. The van der Waals surface area contributed by atoms with E-state index in [1.807, 2.05) is 13.8 Å². The molecule has 65 heavy (non-hydrogen) atoms. The Morgan fingerprint density at radius 3 is 1.25 bits per heavy atom. The normalized spacial score (nSPS) is 26.2. The third-order valence-electron chi connectivity index (χ3n) is 7.79. The number of ether oxygens (including phenoxy) is 8. The van der Waals surface area contributed by atoms with Crippen molar-refractivity contribution in [1.29, 1.82) is 0 Å². The van der Waals surface area contributed by atoms with Crippen LogP contribution < -0.4 is 0 Å². The van der Waals surface area contributed by atoms with Crippen molar-refractivity contribution < 1.29 is 113 Å². The summed E-state index contributed by atoms with van der Waals surface area (Å²) in [6, 6.07) is 0. The molecule has 0 spiro atoms. The molecule has 0 saturated carbocycles. The highest BCUT2D eigenvalue weighted by Gasteiger charge is 2.53. The van der Waals surface area contributed by atoms with Crippen LogP contribution in [-0.4, -0.2) is 214 Å². The predicted octanol–water partition coefficient (Wildman–Crippen LogP) is 1.09. The number of cyclic esters (lactones) is 2. The maximum Gasteiger partial charge on any atom is 0.338 e. The number of carbonyl (C=O) groups is 5. The van der Waals surface area contributed by atoms with Gasteiger partial charge in [-0.15, -0.1) is 0 Å². The molecule has 0 aliphatic carbocycles. The summed E-state index contributed by atoms with van der Waals surface area (Å²) in [4.78, 5) is 53.7. The van der Waals surface area contributed by atoms with Gasteiger partial charge in [-0.2, -0.15) is 0 Å². The second-order valence-electron chi connectivity index (χ2n) is 11.8. The Bertz CT molecular complexity index is 1150. The fourth-order valence-electron chi connectivity index (χ4n) is 5.05. The second kappa shape index (κ2) is 51.6. The van der Waals surface area contributed by atoms with E-state index in [1.165, 1.54) is 56.3 Å². The molecule has 23 nitrogen and oxygen atoms in total. The van der Waals surface area contributed by atoms with Gasteiger partial charge in [0.15, 0.2) is 0 Å². The van der Waals surface area contributed by atoms with E-state index in [0.29, 0.717) is 6.08 Å². The molecule has 396 valence electrons. The van der Waals surface area contributed by atoms with E-state index in [4.69, 9.17) is 58.5 Å². The third kappa shape index (κ3) is 34.6. The summed E-state index contributed by atoms with van der Waals surface area (Å²) in [5, 5.41) is 80.1. The van der Waals surface area contributed by atoms with E-state index in [-0.39, 0.29) is 76.8 Å². The summed E-state index contributed by atoms with van der Waals surface area (Å²) < 4.78 is 40.2.